The lowest BCUT2D eigenvalue weighted by Crippen LogP contribution is -2.41. The van der Waals surface area contributed by atoms with E-state index in [9.17, 15) is 28.0 Å². The van der Waals surface area contributed by atoms with Gasteiger partial charge in [0.05, 0.1) is 29.7 Å². The minimum absolute atomic E-state index is 0.132. The number of halogens is 3. The van der Waals surface area contributed by atoms with Crippen molar-refractivity contribution in [2.75, 3.05) is 23.7 Å². The van der Waals surface area contributed by atoms with Gasteiger partial charge in [-0.1, -0.05) is 30.3 Å². The minimum Gasteiger partial charge on any atom is -0.457 e. The van der Waals surface area contributed by atoms with Gasteiger partial charge in [0.1, 0.15) is 29.9 Å². The number of ether oxygens (including phenoxy) is 2. The van der Waals surface area contributed by atoms with E-state index >= 15 is 0 Å². The molecule has 0 bridgehead atoms. The first-order chi connectivity index (χ1) is 22.2. The van der Waals surface area contributed by atoms with Gasteiger partial charge in [0.15, 0.2) is 0 Å². The summed E-state index contributed by atoms with van der Waals surface area (Å²) >= 11 is 0. The lowest BCUT2D eigenvalue weighted by atomic mass is 10.1. The summed E-state index contributed by atoms with van der Waals surface area (Å²) in [5, 5.41) is 15.9. The van der Waals surface area contributed by atoms with Crippen molar-refractivity contribution in [2.24, 2.45) is 0 Å². The highest BCUT2D eigenvalue weighted by Crippen LogP contribution is 2.42. The van der Waals surface area contributed by atoms with E-state index < -0.39 is 30.0 Å². The first kappa shape index (κ1) is 30.4. The topological polar surface area (TPSA) is 123 Å². The largest absolute Gasteiger partial charge is 0.457 e. The Morgan fingerprint density at radius 1 is 0.848 bits per heavy atom. The maximum absolute atomic E-state index is 13.1. The zero-order chi connectivity index (χ0) is 32.3. The third-order valence-electron chi connectivity index (χ3n) is 7.24. The highest BCUT2D eigenvalue weighted by Gasteiger charge is 2.47. The summed E-state index contributed by atoms with van der Waals surface area (Å²) in [4.78, 5) is 31.0. The van der Waals surface area contributed by atoms with Crippen LogP contribution < -0.4 is 15.4 Å². The number of aromatic nitrogens is 1. The van der Waals surface area contributed by atoms with E-state index in [1.807, 2.05) is 18.2 Å². The second-order valence-electron chi connectivity index (χ2n) is 10.6. The fourth-order valence-electron chi connectivity index (χ4n) is 5.02. The molecule has 5 aromatic rings. The Hall–Kier alpha value is -5.64. The number of nitriles is 1. The van der Waals surface area contributed by atoms with Gasteiger partial charge < -0.3 is 25.1 Å². The molecule has 2 atom stereocenters. The molecule has 0 radical (unpaired) electrons. The summed E-state index contributed by atoms with van der Waals surface area (Å²) in [5.74, 6) is -0.140. The molecule has 12 heteroatoms. The molecule has 3 N–H and O–H groups in total. The Morgan fingerprint density at radius 3 is 2.07 bits per heavy atom. The molecular weight excluding hydrogens is 599 g/mol. The fraction of sp³-hybridized carbons (Fsp3) is 0.147. The molecule has 0 saturated carbocycles. The maximum Gasteiger partial charge on any atom is 0.416 e. The summed E-state index contributed by atoms with van der Waals surface area (Å²) in [7, 11) is 0. The molecule has 2 heterocycles. The van der Waals surface area contributed by atoms with Gasteiger partial charge in [-0.15, -0.1) is 0 Å². The van der Waals surface area contributed by atoms with Gasteiger partial charge in [-0.05, 0) is 72.8 Å². The van der Waals surface area contributed by atoms with Crippen LogP contribution in [-0.2, 0) is 20.5 Å². The number of carbonyl (C=O) groups is 2. The number of hydrogen-bond donors (Lipinski definition) is 3. The van der Waals surface area contributed by atoms with Crippen molar-refractivity contribution in [2.45, 2.75) is 18.5 Å². The van der Waals surface area contributed by atoms with Crippen molar-refractivity contribution in [3.63, 3.8) is 0 Å². The predicted octanol–water partition coefficient (Wildman–Crippen LogP) is 6.83. The minimum atomic E-state index is -4.44. The van der Waals surface area contributed by atoms with E-state index in [1.54, 1.807) is 65.6 Å². The molecule has 1 saturated heterocycles. The molecule has 0 aliphatic carbocycles. The normalized spacial score (nSPS) is 15.7. The van der Waals surface area contributed by atoms with Crippen molar-refractivity contribution in [3.8, 4) is 17.6 Å². The van der Waals surface area contributed by atoms with E-state index in [0.717, 1.165) is 23.2 Å². The van der Waals surface area contributed by atoms with Gasteiger partial charge >= 0.3 is 6.18 Å². The van der Waals surface area contributed by atoms with Crippen LogP contribution in [-0.4, -0.2) is 41.0 Å². The Labute approximate surface area is 261 Å². The number of alkyl halides is 3. The first-order valence-electron chi connectivity index (χ1n) is 14.2. The van der Waals surface area contributed by atoms with Gasteiger partial charge in [0.2, 0.25) is 11.8 Å². The highest BCUT2D eigenvalue weighted by atomic mass is 19.4. The second kappa shape index (κ2) is 12.8. The van der Waals surface area contributed by atoms with Crippen LogP contribution in [0, 0.1) is 11.3 Å². The van der Waals surface area contributed by atoms with Crippen molar-refractivity contribution in [1.29, 1.82) is 5.26 Å². The standard InChI is InChI=1S/C34H26F3N5O4/c35-34(36,37)23-9-13-26(14-10-23)45-27-15-11-25(12-16-27)40-30(44)20-42(19-29(43)39-24-7-2-1-3-8-24)33-32(46-33)28-17-21-5-4-6-22(18-38)31(21)41-28/h1-17,32-33,41H,19-20H2,(H,39,43)(H,40,44). The zero-order valence-electron chi connectivity index (χ0n) is 24.0. The summed E-state index contributed by atoms with van der Waals surface area (Å²) < 4.78 is 50.0. The third kappa shape index (κ3) is 7.18. The van der Waals surface area contributed by atoms with E-state index in [4.69, 9.17) is 9.47 Å². The van der Waals surface area contributed by atoms with Crippen molar-refractivity contribution < 1.29 is 32.2 Å². The van der Waals surface area contributed by atoms with Crippen LogP contribution in [0.3, 0.4) is 0 Å². The SMILES string of the molecule is N#Cc1cccc2cc(C3OC3N(CC(=O)Nc3ccccc3)CC(=O)Nc3ccc(Oc4ccc(C(F)(F)F)cc4)cc3)[nH]c12. The average molecular weight is 626 g/mol. The van der Waals surface area contributed by atoms with E-state index in [1.165, 1.54) is 12.1 Å². The van der Waals surface area contributed by atoms with Gasteiger partial charge in [-0.3, -0.25) is 14.5 Å². The number of H-pyrrole nitrogens is 1. The summed E-state index contributed by atoms with van der Waals surface area (Å²) in [6.07, 6.45) is -5.46. The van der Waals surface area contributed by atoms with E-state index in [-0.39, 0.29) is 24.7 Å². The number of fused-ring (bicyclic) bond motifs is 1. The van der Waals surface area contributed by atoms with Crippen LogP contribution in [0.2, 0.25) is 0 Å². The average Bonchev–Trinajstić information content (AvgIpc) is 3.72. The van der Waals surface area contributed by atoms with E-state index in [2.05, 4.69) is 21.7 Å². The third-order valence-corrected chi connectivity index (χ3v) is 7.24. The molecule has 1 aromatic heterocycles. The number of nitrogens with one attached hydrogen (secondary N) is 3. The molecule has 2 amide bonds. The molecule has 1 aliphatic heterocycles. The molecule has 0 spiro atoms. The number of hydrogen-bond acceptors (Lipinski definition) is 6. The van der Waals surface area contributed by atoms with Crippen LogP contribution in [0.5, 0.6) is 11.5 Å². The van der Waals surface area contributed by atoms with Crippen LogP contribution in [0.15, 0.2) is 103 Å². The number of anilines is 2. The molecule has 6 rings (SSSR count). The van der Waals surface area contributed by atoms with Gasteiger partial charge in [-0.25, -0.2) is 0 Å². The number of nitrogens with zero attached hydrogens (tertiary/aromatic N) is 2. The number of epoxide rings is 1. The van der Waals surface area contributed by atoms with Gasteiger partial charge in [-0.2, -0.15) is 18.4 Å². The Balaban J connectivity index is 1.12. The zero-order valence-corrected chi connectivity index (χ0v) is 24.0. The number of rotatable bonds is 10. The van der Waals surface area contributed by atoms with Crippen LogP contribution in [0.1, 0.15) is 22.9 Å². The highest BCUT2D eigenvalue weighted by molar-refractivity contribution is 5.95. The van der Waals surface area contributed by atoms with Crippen molar-refractivity contribution in [1.82, 2.24) is 9.88 Å². The predicted molar refractivity (Wildman–Crippen MR) is 164 cm³/mol. The number of para-hydroxylation sites is 2. The van der Waals surface area contributed by atoms with Crippen molar-refractivity contribution >= 4 is 34.1 Å². The van der Waals surface area contributed by atoms with Gasteiger partial charge in [0, 0.05) is 22.5 Å². The first-order valence-corrected chi connectivity index (χ1v) is 14.2. The molecule has 1 aliphatic rings. The number of aromatic amines is 1. The number of amides is 2. The Bertz CT molecular complexity index is 1900. The lowest BCUT2D eigenvalue weighted by Gasteiger charge is -2.19. The Kier molecular flexibility index (Phi) is 8.43. The number of carbonyl (C=O) groups excluding carboxylic acids is 2. The molecule has 232 valence electrons. The molecule has 46 heavy (non-hydrogen) atoms. The molecular formula is C34H26F3N5O4. The summed E-state index contributed by atoms with van der Waals surface area (Å²) in [6.45, 7) is -0.302. The summed E-state index contributed by atoms with van der Waals surface area (Å²) in [6, 6.07) is 29.0. The molecule has 9 nitrogen and oxygen atoms in total. The number of benzene rings is 4. The molecule has 1 fully saturated rings. The second-order valence-corrected chi connectivity index (χ2v) is 10.6. The van der Waals surface area contributed by atoms with Crippen LogP contribution in [0.4, 0.5) is 24.5 Å². The van der Waals surface area contributed by atoms with Crippen molar-refractivity contribution in [3.05, 3.63) is 120 Å². The van der Waals surface area contributed by atoms with Crippen LogP contribution in [0.25, 0.3) is 10.9 Å². The smallest absolute Gasteiger partial charge is 0.416 e. The quantitative estimate of drug-likeness (QED) is 0.146. The summed E-state index contributed by atoms with van der Waals surface area (Å²) in [5.41, 5.74) is 2.19. The molecule has 4 aromatic carbocycles. The monoisotopic (exact) mass is 625 g/mol. The maximum atomic E-state index is 13.1. The Morgan fingerprint density at radius 2 is 1.46 bits per heavy atom. The van der Waals surface area contributed by atoms with Gasteiger partial charge in [0.25, 0.3) is 0 Å². The molecule has 2 unspecified atom stereocenters. The lowest BCUT2D eigenvalue weighted by molar-refractivity contribution is -0.137. The van der Waals surface area contributed by atoms with E-state index in [0.29, 0.717) is 28.2 Å². The fourth-order valence-corrected chi connectivity index (χ4v) is 5.02. The van der Waals surface area contributed by atoms with Crippen LogP contribution >= 0.6 is 0 Å².